The lowest BCUT2D eigenvalue weighted by molar-refractivity contribution is -0.183. The molecule has 0 spiro atoms. The van der Waals surface area contributed by atoms with E-state index < -0.39 is 17.6 Å². The molecule has 2 fully saturated rings. The minimum atomic E-state index is -2.54. The van der Waals surface area contributed by atoms with Gasteiger partial charge in [-0.05, 0) is 64.3 Å². The van der Waals surface area contributed by atoms with Gasteiger partial charge in [-0.25, -0.2) is 13.6 Å². The van der Waals surface area contributed by atoms with Gasteiger partial charge >= 0.3 is 6.09 Å². The van der Waals surface area contributed by atoms with Crippen molar-refractivity contribution in [3.8, 4) is 0 Å². The lowest BCUT2D eigenvalue weighted by atomic mass is 9.55. The Morgan fingerprint density at radius 3 is 2.18 bits per heavy atom. The van der Waals surface area contributed by atoms with Crippen LogP contribution in [0.2, 0.25) is 0 Å². The fourth-order valence-electron chi connectivity index (χ4n) is 3.90. The summed E-state index contributed by atoms with van der Waals surface area (Å²) < 4.78 is 31.8. The van der Waals surface area contributed by atoms with E-state index in [-0.39, 0.29) is 30.2 Å². The smallest absolute Gasteiger partial charge is 0.407 e. The number of halogens is 2. The first-order chi connectivity index (χ1) is 10.1. The normalized spacial score (nSPS) is 30.3. The maximum atomic E-state index is 13.3. The first-order valence-electron chi connectivity index (χ1n) is 8.13. The van der Waals surface area contributed by atoms with Gasteiger partial charge in [-0.15, -0.1) is 0 Å². The number of carbonyl (C=O) groups is 1. The van der Waals surface area contributed by atoms with Gasteiger partial charge in [0.05, 0.1) is 0 Å². The minimum Gasteiger partial charge on any atom is -0.444 e. The number of hydrogen-bond donors (Lipinski definition) is 2. The third kappa shape index (κ3) is 4.09. The molecule has 4 nitrogen and oxygen atoms in total. The van der Waals surface area contributed by atoms with Gasteiger partial charge in [-0.1, -0.05) is 0 Å². The van der Waals surface area contributed by atoms with Gasteiger partial charge in [-0.2, -0.15) is 0 Å². The van der Waals surface area contributed by atoms with Crippen LogP contribution in [0.1, 0.15) is 59.3 Å². The van der Waals surface area contributed by atoms with Crippen LogP contribution in [0.5, 0.6) is 0 Å². The van der Waals surface area contributed by atoms with E-state index in [1.165, 1.54) is 0 Å². The largest absolute Gasteiger partial charge is 0.444 e. The van der Waals surface area contributed by atoms with Gasteiger partial charge in [0.15, 0.2) is 0 Å². The number of nitrogens with one attached hydrogen (secondary N) is 1. The molecule has 0 saturated heterocycles. The summed E-state index contributed by atoms with van der Waals surface area (Å²) >= 11 is 0. The van der Waals surface area contributed by atoms with Crippen molar-refractivity contribution >= 4 is 6.09 Å². The van der Waals surface area contributed by atoms with Gasteiger partial charge in [0.1, 0.15) is 5.60 Å². The van der Waals surface area contributed by atoms with E-state index in [0.29, 0.717) is 6.54 Å². The van der Waals surface area contributed by atoms with Gasteiger partial charge in [0.25, 0.3) is 0 Å². The van der Waals surface area contributed by atoms with Gasteiger partial charge < -0.3 is 15.8 Å². The Morgan fingerprint density at radius 1 is 1.23 bits per heavy atom. The third-order valence-electron chi connectivity index (χ3n) is 4.94. The molecule has 0 bridgehead atoms. The Hall–Kier alpha value is -0.910. The second-order valence-corrected chi connectivity index (χ2v) is 7.97. The third-order valence-corrected chi connectivity index (χ3v) is 4.94. The van der Waals surface area contributed by atoms with Crippen molar-refractivity contribution in [3.05, 3.63) is 0 Å². The molecule has 0 heterocycles. The fourth-order valence-corrected chi connectivity index (χ4v) is 3.90. The topological polar surface area (TPSA) is 64.3 Å². The van der Waals surface area contributed by atoms with E-state index in [1.807, 2.05) is 20.8 Å². The average molecular weight is 318 g/mol. The van der Waals surface area contributed by atoms with Crippen LogP contribution < -0.4 is 11.1 Å². The Labute approximate surface area is 131 Å². The van der Waals surface area contributed by atoms with E-state index in [1.54, 1.807) is 0 Å². The van der Waals surface area contributed by atoms with Gasteiger partial charge in [0, 0.05) is 18.9 Å². The summed E-state index contributed by atoms with van der Waals surface area (Å²) in [5, 5.41) is 2.88. The first kappa shape index (κ1) is 17.4. The number of ether oxygens (including phenoxy) is 1. The molecule has 22 heavy (non-hydrogen) atoms. The van der Waals surface area contributed by atoms with E-state index in [2.05, 4.69) is 5.32 Å². The van der Waals surface area contributed by atoms with Crippen LogP contribution in [0, 0.1) is 11.3 Å². The Bertz CT molecular complexity index is 405. The SMILES string of the molecule is CC(C)(C)OC(=O)NC1CCC(C2(CN)CC(F)(F)C2)CC1. The highest BCUT2D eigenvalue weighted by atomic mass is 19.3. The molecule has 0 aromatic carbocycles. The molecule has 0 unspecified atom stereocenters. The van der Waals surface area contributed by atoms with E-state index in [9.17, 15) is 13.6 Å². The summed E-state index contributed by atoms with van der Waals surface area (Å²) in [4.78, 5) is 11.8. The molecule has 0 aromatic rings. The van der Waals surface area contributed by atoms with Gasteiger partial charge in [0.2, 0.25) is 5.92 Å². The van der Waals surface area contributed by atoms with Crippen molar-refractivity contribution < 1.29 is 18.3 Å². The highest BCUT2D eigenvalue weighted by Gasteiger charge is 2.59. The molecule has 6 heteroatoms. The quantitative estimate of drug-likeness (QED) is 0.838. The standard InChI is InChI=1S/C16H28F2N2O2/c1-14(2,3)22-13(21)20-12-6-4-11(5-7-12)15(10-19)8-16(17,18)9-15/h11-12H,4-10,19H2,1-3H3,(H,20,21). The molecule has 3 N–H and O–H groups in total. The average Bonchev–Trinajstić information content (AvgIpc) is 2.34. The first-order valence-corrected chi connectivity index (χ1v) is 8.13. The fraction of sp³-hybridized carbons (Fsp3) is 0.938. The van der Waals surface area contributed by atoms with Crippen LogP contribution in [-0.4, -0.2) is 30.2 Å². The van der Waals surface area contributed by atoms with Crippen LogP contribution in [0.3, 0.4) is 0 Å². The monoisotopic (exact) mass is 318 g/mol. The van der Waals surface area contributed by atoms with Crippen molar-refractivity contribution in [1.29, 1.82) is 0 Å². The van der Waals surface area contributed by atoms with E-state index in [4.69, 9.17) is 10.5 Å². The lowest BCUT2D eigenvalue weighted by Gasteiger charge is -2.53. The number of hydrogen-bond acceptors (Lipinski definition) is 3. The molecule has 2 rings (SSSR count). The minimum absolute atomic E-state index is 0.0708. The molecule has 2 aliphatic rings. The van der Waals surface area contributed by atoms with Crippen LogP contribution in [0.15, 0.2) is 0 Å². The zero-order valence-electron chi connectivity index (χ0n) is 13.8. The number of amides is 1. The number of alkyl halides is 2. The predicted octanol–water partition coefficient (Wildman–Crippen LogP) is 3.44. The second kappa shape index (κ2) is 5.95. The molecular weight excluding hydrogens is 290 g/mol. The lowest BCUT2D eigenvalue weighted by Crippen LogP contribution is -2.56. The van der Waals surface area contributed by atoms with Gasteiger partial charge in [-0.3, -0.25) is 0 Å². The molecule has 0 aliphatic heterocycles. The van der Waals surface area contributed by atoms with E-state index >= 15 is 0 Å². The molecule has 2 aliphatic carbocycles. The number of nitrogens with two attached hydrogens (primary N) is 1. The highest BCUT2D eigenvalue weighted by molar-refractivity contribution is 5.68. The van der Waals surface area contributed by atoms with Crippen molar-refractivity contribution in [2.45, 2.75) is 76.9 Å². The molecule has 1 amide bonds. The number of rotatable bonds is 3. The Kier molecular flexibility index (Phi) is 4.71. The zero-order chi connectivity index (χ0) is 16.6. The summed E-state index contributed by atoms with van der Waals surface area (Å²) in [6, 6.07) is 0.0708. The summed E-state index contributed by atoms with van der Waals surface area (Å²) in [6.07, 6.45) is 2.73. The summed E-state index contributed by atoms with van der Waals surface area (Å²) in [5.74, 6) is -2.29. The van der Waals surface area contributed by atoms with Crippen LogP contribution in [0.4, 0.5) is 13.6 Å². The molecular formula is C16H28F2N2O2. The molecule has 128 valence electrons. The highest BCUT2D eigenvalue weighted by Crippen LogP contribution is 2.58. The summed E-state index contributed by atoms with van der Waals surface area (Å²) in [7, 11) is 0. The van der Waals surface area contributed by atoms with Crippen LogP contribution in [-0.2, 0) is 4.74 Å². The molecule has 2 saturated carbocycles. The predicted molar refractivity (Wildman–Crippen MR) is 80.8 cm³/mol. The summed E-state index contributed by atoms with van der Waals surface area (Å²) in [5.41, 5.74) is 4.88. The van der Waals surface area contributed by atoms with Crippen molar-refractivity contribution in [2.24, 2.45) is 17.1 Å². The maximum absolute atomic E-state index is 13.3. The maximum Gasteiger partial charge on any atom is 0.407 e. The van der Waals surface area contributed by atoms with Crippen LogP contribution >= 0.6 is 0 Å². The molecule has 0 aromatic heterocycles. The second-order valence-electron chi connectivity index (χ2n) is 7.97. The summed E-state index contributed by atoms with van der Waals surface area (Å²) in [6.45, 7) is 5.80. The Morgan fingerprint density at radius 2 is 1.77 bits per heavy atom. The molecule has 0 atom stereocenters. The van der Waals surface area contributed by atoms with E-state index in [0.717, 1.165) is 25.7 Å². The van der Waals surface area contributed by atoms with Crippen LogP contribution in [0.25, 0.3) is 0 Å². The molecule has 0 radical (unpaired) electrons. The van der Waals surface area contributed by atoms with Crippen molar-refractivity contribution in [3.63, 3.8) is 0 Å². The van der Waals surface area contributed by atoms with Crippen molar-refractivity contribution in [1.82, 2.24) is 5.32 Å². The number of alkyl carbamates (subject to hydrolysis) is 1. The zero-order valence-corrected chi connectivity index (χ0v) is 13.8. The Balaban J connectivity index is 1.80. The van der Waals surface area contributed by atoms with Crippen molar-refractivity contribution in [2.75, 3.05) is 6.54 Å². The number of carbonyl (C=O) groups excluding carboxylic acids is 1.